The quantitative estimate of drug-likeness (QED) is 0.0191. The van der Waals surface area contributed by atoms with Crippen molar-refractivity contribution in [2.75, 3.05) is 25.5 Å². The van der Waals surface area contributed by atoms with Crippen LogP contribution in [0.3, 0.4) is 0 Å². The van der Waals surface area contributed by atoms with Crippen LogP contribution in [0.15, 0.2) is 97.1 Å². The molecule has 14 amide bonds. The molecule has 0 radical (unpaired) electrons. The molecule has 125 heavy (non-hydrogen) atoms. The number of carbonyl (C=O) groups excluding carboxylic acids is 14. The number of benzene rings is 4. The van der Waals surface area contributed by atoms with E-state index in [2.05, 4.69) is 47.9 Å². The molecule has 0 heterocycles. The van der Waals surface area contributed by atoms with Gasteiger partial charge in [0.1, 0.15) is 78.7 Å². The molecule has 0 aliphatic heterocycles. The molecule has 4 aromatic carbocycles. The van der Waals surface area contributed by atoms with E-state index in [0.717, 1.165) is 183 Å². The number of hydrogen-bond donors (Lipinski definition) is 10. The maximum atomic E-state index is 16.5. The van der Waals surface area contributed by atoms with Gasteiger partial charge in [0, 0.05) is 31.1 Å². The smallest absolute Gasteiger partial charge is 0.417 e. The van der Waals surface area contributed by atoms with Gasteiger partial charge in [0.2, 0.25) is 59.1 Å². The lowest BCUT2D eigenvalue weighted by molar-refractivity contribution is -0.143. The summed E-state index contributed by atoms with van der Waals surface area (Å²) in [5.41, 5.74) is 8.93. The summed E-state index contributed by atoms with van der Waals surface area (Å²) in [5.74, 6) is -12.4. The summed E-state index contributed by atoms with van der Waals surface area (Å²) in [5, 5.41) is 24.1. The number of amides is 14. The highest BCUT2D eigenvalue weighted by molar-refractivity contribution is 8.15. The Balaban J connectivity index is 0.981. The molecule has 0 saturated heterocycles. The second-order valence-electron chi connectivity index (χ2n) is 36.7. The van der Waals surface area contributed by atoms with E-state index in [1.807, 2.05) is 97.1 Å². The molecule has 0 aromatic heterocycles. The molecule has 4 aromatic rings. The summed E-state index contributed by atoms with van der Waals surface area (Å²) in [4.78, 5) is 208. The minimum absolute atomic E-state index is 0.0460. The fraction of sp³-hybridized carbons (Fsp3) is 0.591. The summed E-state index contributed by atoms with van der Waals surface area (Å²) >= 11 is 14.2. The van der Waals surface area contributed by atoms with Crippen molar-refractivity contribution in [1.29, 1.82) is 0 Å². The van der Waals surface area contributed by atoms with Gasteiger partial charge in [0.25, 0.3) is 11.8 Å². The van der Waals surface area contributed by atoms with Gasteiger partial charge in [-0.3, -0.25) is 57.5 Å². The molecular formula is C93H130N12O16P2S2. The highest BCUT2D eigenvalue weighted by Crippen LogP contribution is 2.65. The molecule has 0 bridgehead atoms. The molecule has 10 rings (SSSR count). The Kier molecular flexibility index (Phi) is 33.7. The Morgan fingerprint density at radius 2 is 0.672 bits per heavy atom. The van der Waals surface area contributed by atoms with Crippen molar-refractivity contribution < 1.29 is 76.6 Å². The summed E-state index contributed by atoms with van der Waals surface area (Å²) in [6.07, 6.45) is 14.1. The van der Waals surface area contributed by atoms with Gasteiger partial charge < -0.3 is 63.1 Å². The standard InChI is InChI=1S/C93H130N12O16P2S2/c1-54(2)78(87(115)105(91(119)121-51-75-72-48-32-28-44-68(72)69-45-29-33-49-73(69)75)77(53-123(125,64-38-22-16-23-39-64)65-40-24-17-25-41-65)85(113)98-59(7)83(111)103-92(10,11)88(116)99-55(3)79(94)107)101-81(109)57(5)96-80(108)56(4)97-84(112)76(52-122(124,62-34-18-14-19-35-62)63-36-20-15-21-37-63)104(86(114)60(8)100-89(117)93(12,13)102-82(110)58(6)95-61(9)106)90(118)120-50-74-70-46-30-26-42-66(70)67-43-27-31-47-71(67)74/h26-33,42-49,54-60,62-65,74-78H,14-25,34-41,50-53H2,1-13H3,(H2,94,107)(H,95,106)(H,96,108)(H,97,112)(H,98,113)(H,99,116)(H,100,117)(H,101,109)(H,102,110)(H,103,111)/t55-,56-,57-,58-,59-,60-,76-,77-,78-/m0/s1. The maximum Gasteiger partial charge on any atom is 0.417 e. The van der Waals surface area contributed by atoms with Crippen molar-refractivity contribution in [3.05, 3.63) is 119 Å². The Morgan fingerprint density at radius 3 is 0.992 bits per heavy atom. The minimum Gasteiger partial charge on any atom is -0.448 e. The molecule has 32 heteroatoms. The summed E-state index contributed by atoms with van der Waals surface area (Å²) in [6, 6.07) is 11.4. The molecule has 0 spiro atoms. The van der Waals surface area contributed by atoms with Crippen LogP contribution in [0.4, 0.5) is 9.59 Å². The zero-order chi connectivity index (χ0) is 91.2. The van der Waals surface area contributed by atoms with Gasteiger partial charge in [-0.15, -0.1) is 0 Å². The third-order valence-corrected chi connectivity index (χ3v) is 39.6. The van der Waals surface area contributed by atoms with Gasteiger partial charge in [0.05, 0.1) is 0 Å². The van der Waals surface area contributed by atoms with Gasteiger partial charge in [-0.05, 0) is 206 Å². The number of nitrogens with zero attached hydrogens (tertiary/aromatic N) is 2. The number of carbonyl (C=O) groups is 14. The predicted octanol–water partition coefficient (Wildman–Crippen LogP) is 11.0. The number of primary amides is 1. The third kappa shape index (κ3) is 23.6. The molecule has 4 saturated carbocycles. The van der Waals surface area contributed by atoms with Crippen LogP contribution in [0.2, 0.25) is 0 Å². The Morgan fingerprint density at radius 1 is 0.384 bits per heavy atom. The van der Waals surface area contributed by atoms with Crippen molar-refractivity contribution in [3.8, 4) is 22.3 Å². The Labute approximate surface area is 745 Å². The van der Waals surface area contributed by atoms with Crippen LogP contribution >= 0.6 is 12.1 Å². The fourth-order valence-electron chi connectivity index (χ4n) is 18.9. The van der Waals surface area contributed by atoms with E-state index in [-0.39, 0.29) is 48.2 Å². The second-order valence-corrected chi connectivity index (χ2v) is 47.8. The number of fused-ring (bicyclic) bond motifs is 6. The van der Waals surface area contributed by atoms with Crippen LogP contribution in [-0.2, 0) is 90.6 Å². The lowest BCUT2D eigenvalue weighted by Gasteiger charge is -2.44. The molecule has 680 valence electrons. The molecule has 6 aliphatic carbocycles. The summed E-state index contributed by atoms with van der Waals surface area (Å²) in [6.45, 7) is 17.7. The average molecular weight is 1800 g/mol. The minimum atomic E-state index is -2.88. The van der Waals surface area contributed by atoms with Gasteiger partial charge in [0.15, 0.2) is 0 Å². The lowest BCUT2D eigenvalue weighted by atomic mass is 9.98. The topological polar surface area (TPSA) is 398 Å². The van der Waals surface area contributed by atoms with Crippen molar-refractivity contribution in [3.63, 3.8) is 0 Å². The predicted molar refractivity (Wildman–Crippen MR) is 489 cm³/mol. The largest absolute Gasteiger partial charge is 0.448 e. The monoisotopic (exact) mass is 1800 g/mol. The number of hydrogen-bond acceptors (Lipinski definition) is 18. The van der Waals surface area contributed by atoms with E-state index in [0.29, 0.717) is 0 Å². The lowest BCUT2D eigenvalue weighted by Crippen LogP contribution is -2.64. The van der Waals surface area contributed by atoms with Gasteiger partial charge in [-0.2, -0.15) is 0 Å². The number of ether oxygens (including phenoxy) is 2. The van der Waals surface area contributed by atoms with Gasteiger partial charge in [-0.25, -0.2) is 19.4 Å². The SMILES string of the molecule is CC(=O)N[C@@H](C)C(=O)NC(C)(C)C(=O)N[C@@H](C)C(=O)N(C(=O)OCC1c2ccccc2-c2ccccc21)[C@@H](CP(=S)(C1CCCCC1)C1CCCCC1)C(=O)N[C@@H](C)C(=O)N[C@@H](C)C(=O)N[C@H](C(=O)N(C(=O)OCC1c2ccccc2-c2ccccc21)[C@@H](CP(=S)(C1CCCCC1)C1CCCCC1)C(=O)N[C@@H](C)C(=O)NC(C)(C)C(=O)N[C@@H](C)C(N)=O)C(C)C. The molecule has 6 aliphatic rings. The van der Waals surface area contributed by atoms with E-state index in [1.54, 1.807) is 13.8 Å². The fourth-order valence-corrected chi connectivity index (χ4v) is 31.4. The normalized spacial score (nSPS) is 18.2. The Hall–Kier alpha value is -9.24. The molecular weight excluding hydrogens is 1670 g/mol. The first-order chi connectivity index (χ1) is 59.2. The summed E-state index contributed by atoms with van der Waals surface area (Å²) in [7, 11) is 0. The van der Waals surface area contributed by atoms with Crippen molar-refractivity contribution in [2.45, 2.75) is 318 Å². The zero-order valence-electron chi connectivity index (χ0n) is 74.7. The molecule has 0 unspecified atom stereocenters. The first kappa shape index (κ1) is 97.9. The van der Waals surface area contributed by atoms with Crippen LogP contribution in [0, 0.1) is 5.92 Å². The van der Waals surface area contributed by atoms with Crippen molar-refractivity contribution >= 4 is 119 Å². The van der Waals surface area contributed by atoms with Crippen LogP contribution in [0.5, 0.6) is 0 Å². The van der Waals surface area contributed by atoms with E-state index in [1.165, 1.54) is 76.2 Å². The van der Waals surface area contributed by atoms with Crippen LogP contribution in [0.25, 0.3) is 22.3 Å². The third-order valence-electron chi connectivity index (χ3n) is 26.3. The molecule has 4 fully saturated rings. The zero-order valence-corrected chi connectivity index (χ0v) is 78.1. The Bertz CT molecular complexity index is 4630. The number of imide groups is 2. The van der Waals surface area contributed by atoms with Crippen LogP contribution in [0.1, 0.15) is 253 Å². The molecule has 9 atom stereocenters. The van der Waals surface area contributed by atoms with Gasteiger partial charge in [-0.1, -0.05) is 212 Å². The summed E-state index contributed by atoms with van der Waals surface area (Å²) < 4.78 is 12.8. The van der Waals surface area contributed by atoms with E-state index < -0.39 is 178 Å². The number of nitrogens with two attached hydrogens (primary N) is 1. The first-order valence-corrected chi connectivity index (χ1v) is 51.0. The number of nitrogens with one attached hydrogen (secondary N) is 9. The highest BCUT2D eigenvalue weighted by atomic mass is 32.4. The average Bonchev–Trinajstić information content (AvgIpc) is 1.74. The van der Waals surface area contributed by atoms with E-state index >= 15 is 38.4 Å². The van der Waals surface area contributed by atoms with E-state index in [4.69, 9.17) is 38.8 Å². The first-order valence-electron chi connectivity index (χ1n) is 44.8. The van der Waals surface area contributed by atoms with Crippen molar-refractivity contribution in [2.24, 2.45) is 11.7 Å². The molecule has 11 N–H and O–H groups in total. The second kappa shape index (κ2) is 43.0. The van der Waals surface area contributed by atoms with E-state index in [9.17, 15) is 28.8 Å². The van der Waals surface area contributed by atoms with Crippen LogP contribution < -0.4 is 53.6 Å². The van der Waals surface area contributed by atoms with Crippen molar-refractivity contribution in [1.82, 2.24) is 57.7 Å². The maximum absolute atomic E-state index is 16.5. The van der Waals surface area contributed by atoms with Crippen LogP contribution in [-0.4, -0.2) is 207 Å². The molecule has 28 nitrogen and oxygen atoms in total. The van der Waals surface area contributed by atoms with Gasteiger partial charge >= 0.3 is 12.2 Å². The highest BCUT2D eigenvalue weighted by Gasteiger charge is 2.51. The number of rotatable bonds is 35.